The van der Waals surface area contributed by atoms with Gasteiger partial charge in [0.1, 0.15) is 11.4 Å². The van der Waals surface area contributed by atoms with Crippen LogP contribution in [0.25, 0.3) is 27.8 Å². The Morgan fingerprint density at radius 3 is 2.49 bits per heavy atom. The Hall–Kier alpha value is -4.26. The molecule has 3 N–H and O–H groups in total. The lowest BCUT2D eigenvalue weighted by molar-refractivity contribution is 0.0934. The average molecular weight is 581 g/mol. The number of para-hydroxylation sites is 1. The number of hydrogen-bond donors (Lipinski definition) is 2. The SMILES string of the molecule is Cc1nc(-c2cnc(N)c(C(=O)N[C@@H](C)c3cc4cccc(Cl)c4c(=O)n3-c3ccccc3)n2)cs1.O=S=O. The molecule has 0 spiro atoms. The van der Waals surface area contributed by atoms with E-state index in [-0.39, 0.29) is 17.1 Å². The maximum absolute atomic E-state index is 13.6. The van der Waals surface area contributed by atoms with Gasteiger partial charge in [-0.1, -0.05) is 41.9 Å². The number of aryl methyl sites for hydroxylation is 1. The molecule has 1 atom stereocenters. The van der Waals surface area contributed by atoms with Crippen LogP contribution in [0.1, 0.15) is 34.2 Å². The molecule has 0 aliphatic rings. The zero-order chi connectivity index (χ0) is 28.1. The van der Waals surface area contributed by atoms with Crippen molar-refractivity contribution >= 4 is 57.0 Å². The van der Waals surface area contributed by atoms with E-state index in [4.69, 9.17) is 25.8 Å². The molecule has 10 nitrogen and oxygen atoms in total. The van der Waals surface area contributed by atoms with Gasteiger partial charge >= 0.3 is 11.6 Å². The Morgan fingerprint density at radius 2 is 1.82 bits per heavy atom. The third kappa shape index (κ3) is 5.93. The molecule has 0 radical (unpaired) electrons. The number of carbonyl (C=O) groups is 1. The smallest absolute Gasteiger partial charge is 0.335 e. The van der Waals surface area contributed by atoms with Crippen molar-refractivity contribution in [2.45, 2.75) is 19.9 Å². The fourth-order valence-electron chi connectivity index (χ4n) is 4.01. The summed E-state index contributed by atoms with van der Waals surface area (Å²) in [7, 11) is 0. The van der Waals surface area contributed by atoms with Gasteiger partial charge in [-0.3, -0.25) is 14.2 Å². The largest absolute Gasteiger partial charge is 0.382 e. The Labute approximate surface area is 235 Å². The Bertz CT molecular complexity index is 1770. The summed E-state index contributed by atoms with van der Waals surface area (Å²) in [6.45, 7) is 3.68. The minimum absolute atomic E-state index is 0.00106. The third-order valence-corrected chi connectivity index (χ3v) is 6.82. The number of anilines is 1. The molecular weight excluding hydrogens is 560 g/mol. The quantitative estimate of drug-likeness (QED) is 0.313. The van der Waals surface area contributed by atoms with Gasteiger partial charge < -0.3 is 11.1 Å². The van der Waals surface area contributed by atoms with Gasteiger partial charge in [-0.05, 0) is 43.5 Å². The predicted octanol–water partition coefficient (Wildman–Crippen LogP) is 4.27. The number of hydrogen-bond acceptors (Lipinski definition) is 9. The minimum Gasteiger partial charge on any atom is -0.382 e. The van der Waals surface area contributed by atoms with Crippen molar-refractivity contribution in [3.63, 3.8) is 0 Å². The Balaban J connectivity index is 0.00000112. The zero-order valence-corrected chi connectivity index (χ0v) is 23.0. The number of carbonyl (C=O) groups excluding carboxylic acids is 1. The molecule has 0 aliphatic carbocycles. The number of rotatable bonds is 5. The first-order valence-electron chi connectivity index (χ1n) is 11.4. The normalized spacial score (nSPS) is 11.4. The number of benzene rings is 2. The number of nitrogens with zero attached hydrogens (tertiary/aromatic N) is 4. The average Bonchev–Trinajstić information content (AvgIpc) is 3.35. The van der Waals surface area contributed by atoms with Crippen LogP contribution in [0.3, 0.4) is 0 Å². The second-order valence-corrected chi connectivity index (χ2v) is 9.86. The number of nitrogen functional groups attached to an aromatic ring is 1. The zero-order valence-electron chi connectivity index (χ0n) is 20.6. The van der Waals surface area contributed by atoms with Crippen LogP contribution in [0.2, 0.25) is 5.02 Å². The summed E-state index contributed by atoms with van der Waals surface area (Å²) in [6.07, 6.45) is 1.49. The number of amides is 1. The summed E-state index contributed by atoms with van der Waals surface area (Å²) in [5, 5.41) is 7.09. The molecule has 1 amide bonds. The van der Waals surface area contributed by atoms with Crippen LogP contribution in [0.4, 0.5) is 5.82 Å². The van der Waals surface area contributed by atoms with Crippen molar-refractivity contribution in [3.8, 4) is 17.1 Å². The number of nitrogens with one attached hydrogen (secondary N) is 1. The highest BCUT2D eigenvalue weighted by atomic mass is 35.5. The van der Waals surface area contributed by atoms with E-state index in [1.807, 2.05) is 54.8 Å². The second-order valence-electron chi connectivity index (χ2n) is 8.25. The third-order valence-electron chi connectivity index (χ3n) is 5.73. The summed E-state index contributed by atoms with van der Waals surface area (Å²) < 4.78 is 18.1. The van der Waals surface area contributed by atoms with Crippen LogP contribution in [0.5, 0.6) is 0 Å². The van der Waals surface area contributed by atoms with Crippen molar-refractivity contribution in [2.24, 2.45) is 0 Å². The molecule has 0 bridgehead atoms. The standard InChI is InChI=1S/C26H21ClN6O2S.O2S/c1-14(30-25(34)23-24(28)29-12-19(32-23)20-13-36-15(2)31-20)21-11-16-7-6-10-18(27)22(16)26(35)33(21)17-8-4-3-5-9-17;1-3-2/h3-14H,1-2H3,(H2,28,29)(H,30,34);/t14-;/m0./s1. The second kappa shape index (κ2) is 12.1. The van der Waals surface area contributed by atoms with Gasteiger partial charge in [0.05, 0.1) is 27.7 Å². The van der Waals surface area contributed by atoms with E-state index in [1.54, 1.807) is 23.6 Å². The van der Waals surface area contributed by atoms with Crippen LogP contribution < -0.4 is 16.6 Å². The lowest BCUT2D eigenvalue weighted by atomic mass is 10.1. The molecule has 3 aromatic heterocycles. The fraction of sp³-hybridized carbons (Fsp3) is 0.115. The van der Waals surface area contributed by atoms with E-state index in [1.165, 1.54) is 17.5 Å². The van der Waals surface area contributed by atoms with Crippen LogP contribution in [-0.2, 0) is 11.6 Å². The van der Waals surface area contributed by atoms with Gasteiger partial charge in [-0.15, -0.1) is 11.3 Å². The van der Waals surface area contributed by atoms with Crippen molar-refractivity contribution < 1.29 is 13.2 Å². The monoisotopic (exact) mass is 580 g/mol. The van der Waals surface area contributed by atoms with Crippen LogP contribution in [0, 0.1) is 6.92 Å². The van der Waals surface area contributed by atoms with E-state index < -0.39 is 23.5 Å². The van der Waals surface area contributed by atoms with Crippen molar-refractivity contribution in [2.75, 3.05) is 5.73 Å². The van der Waals surface area contributed by atoms with Crippen LogP contribution in [0.15, 0.2) is 71.0 Å². The van der Waals surface area contributed by atoms with Gasteiger partial charge in [0.25, 0.3) is 11.5 Å². The number of thiazole rings is 1. The molecule has 5 rings (SSSR count). The van der Waals surface area contributed by atoms with E-state index >= 15 is 0 Å². The van der Waals surface area contributed by atoms with Gasteiger partial charge in [0, 0.05) is 16.8 Å². The molecule has 198 valence electrons. The number of pyridine rings is 1. The Morgan fingerprint density at radius 1 is 1.10 bits per heavy atom. The lowest BCUT2D eigenvalue weighted by Crippen LogP contribution is -2.33. The Kier molecular flexibility index (Phi) is 8.59. The van der Waals surface area contributed by atoms with Gasteiger partial charge in [-0.2, -0.15) is 8.42 Å². The molecule has 0 saturated heterocycles. The lowest BCUT2D eigenvalue weighted by Gasteiger charge is -2.21. The molecule has 5 aromatic rings. The molecule has 2 aromatic carbocycles. The summed E-state index contributed by atoms with van der Waals surface area (Å²) >= 11 is 7.11. The molecule has 0 unspecified atom stereocenters. The molecular formula is C26H21ClN6O4S2. The van der Waals surface area contributed by atoms with Crippen molar-refractivity contribution in [3.05, 3.63) is 97.9 Å². The predicted molar refractivity (Wildman–Crippen MR) is 152 cm³/mol. The summed E-state index contributed by atoms with van der Waals surface area (Å²) in [6, 6.07) is 15.8. The number of nitrogens with two attached hydrogens (primary N) is 1. The van der Waals surface area contributed by atoms with Gasteiger partial charge in [0.15, 0.2) is 11.5 Å². The fourth-order valence-corrected chi connectivity index (χ4v) is 4.88. The molecule has 0 fully saturated rings. The molecule has 3 heterocycles. The van der Waals surface area contributed by atoms with E-state index in [2.05, 4.69) is 20.3 Å². The number of aromatic nitrogens is 4. The highest BCUT2D eigenvalue weighted by Gasteiger charge is 2.22. The van der Waals surface area contributed by atoms with Crippen molar-refractivity contribution in [1.82, 2.24) is 24.8 Å². The molecule has 13 heteroatoms. The van der Waals surface area contributed by atoms with E-state index in [0.717, 1.165) is 5.01 Å². The number of halogens is 1. The van der Waals surface area contributed by atoms with E-state index in [9.17, 15) is 9.59 Å². The first-order chi connectivity index (χ1) is 18.7. The highest BCUT2D eigenvalue weighted by Crippen LogP contribution is 2.26. The maximum Gasteiger partial charge on any atom is 0.335 e. The van der Waals surface area contributed by atoms with Crippen LogP contribution >= 0.6 is 22.9 Å². The highest BCUT2D eigenvalue weighted by molar-refractivity contribution is 7.51. The number of fused-ring (bicyclic) bond motifs is 1. The van der Waals surface area contributed by atoms with Gasteiger partial charge in [0.2, 0.25) is 0 Å². The summed E-state index contributed by atoms with van der Waals surface area (Å²) in [5.41, 5.74) is 8.02. The topological polar surface area (TPSA) is 150 Å². The van der Waals surface area contributed by atoms with E-state index in [0.29, 0.717) is 38.6 Å². The first-order valence-corrected chi connectivity index (χ1v) is 13.3. The molecule has 39 heavy (non-hydrogen) atoms. The maximum atomic E-state index is 13.6. The van der Waals surface area contributed by atoms with Gasteiger partial charge in [-0.25, -0.2) is 15.0 Å². The molecule has 0 aliphatic heterocycles. The summed E-state index contributed by atoms with van der Waals surface area (Å²) in [5.74, 6) is -0.513. The summed E-state index contributed by atoms with van der Waals surface area (Å²) in [4.78, 5) is 39.8. The molecule has 0 saturated carbocycles. The van der Waals surface area contributed by atoms with Crippen molar-refractivity contribution in [1.29, 1.82) is 0 Å². The minimum atomic E-state index is -0.750. The first kappa shape index (κ1) is 27.8. The van der Waals surface area contributed by atoms with Crippen LogP contribution in [-0.4, -0.2) is 33.8 Å².